The molecule has 0 saturated carbocycles. The SMILES string of the molecule is CC[N+](CC)=C(S)[S][Pb][S]C(S)=[N+](CC)CC. The Balaban J connectivity index is 4.24. The third-order valence-corrected chi connectivity index (χ3v) is 19.3. The Hall–Kier alpha value is 1.66. The molecule has 0 unspecified atom stereocenters. The zero-order valence-electron chi connectivity index (χ0n) is 10.9. The quantitative estimate of drug-likeness (QED) is 0.188. The molecule has 0 aromatic carbocycles. The van der Waals surface area contributed by atoms with Crippen LogP contribution in [0, 0.1) is 0 Å². The molecular weight excluding hydrogens is 484 g/mol. The van der Waals surface area contributed by atoms with Gasteiger partial charge in [0.15, 0.2) is 0 Å². The Morgan fingerprint density at radius 3 is 1.35 bits per heavy atom. The molecule has 0 N–H and O–H groups in total. The number of thiol groups is 2. The second-order valence-corrected chi connectivity index (χ2v) is 17.1. The molecule has 0 atom stereocenters. The van der Waals surface area contributed by atoms with Crippen molar-refractivity contribution in [3.8, 4) is 0 Å². The van der Waals surface area contributed by atoms with E-state index in [-0.39, 0.29) is 0 Å². The molecule has 0 spiro atoms. The monoisotopic (exact) mass is 506 g/mol. The van der Waals surface area contributed by atoms with Crippen LogP contribution >= 0.6 is 41.9 Å². The first-order chi connectivity index (χ1) is 8.10. The number of rotatable bonds is 6. The van der Waals surface area contributed by atoms with Crippen LogP contribution in [0.5, 0.6) is 0 Å². The van der Waals surface area contributed by atoms with Gasteiger partial charge in [-0.1, -0.05) is 0 Å². The number of hydrogen-bond acceptors (Lipinski definition) is 2. The average molecular weight is 506 g/mol. The summed E-state index contributed by atoms with van der Waals surface area (Å²) >= 11 is 8.37. The molecule has 0 fully saturated rings. The van der Waals surface area contributed by atoms with Crippen LogP contribution in [0.4, 0.5) is 0 Å². The van der Waals surface area contributed by atoms with E-state index in [9.17, 15) is 0 Å². The van der Waals surface area contributed by atoms with E-state index in [2.05, 4.69) is 62.1 Å². The van der Waals surface area contributed by atoms with Gasteiger partial charge in [-0.05, 0) is 0 Å². The average Bonchev–Trinajstić information content (AvgIpc) is 2.32. The first-order valence-electron chi connectivity index (χ1n) is 5.80. The Bertz CT molecular complexity index is 252. The summed E-state index contributed by atoms with van der Waals surface area (Å²) in [5.41, 5.74) is 0. The topological polar surface area (TPSA) is 6.02 Å². The molecule has 0 aliphatic rings. The molecule has 0 aromatic rings. The van der Waals surface area contributed by atoms with Crippen molar-refractivity contribution in [3.05, 3.63) is 0 Å². The zero-order valence-corrected chi connectivity index (χ0v) is 18.2. The summed E-state index contributed by atoms with van der Waals surface area (Å²) in [4.78, 5) is 0. The summed E-state index contributed by atoms with van der Waals surface area (Å²) in [5.74, 6) is 0. The molecule has 2 nitrogen and oxygen atoms in total. The first-order valence-corrected chi connectivity index (χ1v) is 17.9. The van der Waals surface area contributed by atoms with Crippen LogP contribution < -0.4 is 0 Å². The fraction of sp³-hybridized carbons (Fsp3) is 0.800. The molecule has 0 aromatic heterocycles. The summed E-state index contributed by atoms with van der Waals surface area (Å²) < 4.78 is 6.98. The van der Waals surface area contributed by atoms with Crippen molar-refractivity contribution >= 4 is 71.9 Å². The molecule has 0 aliphatic carbocycles. The first kappa shape index (κ1) is 18.7. The summed E-state index contributed by atoms with van der Waals surface area (Å²) in [6.07, 6.45) is 0. The molecule has 0 aliphatic heterocycles. The van der Waals surface area contributed by atoms with Crippen molar-refractivity contribution in [1.29, 1.82) is 0 Å². The second-order valence-electron chi connectivity index (χ2n) is 3.20. The molecule has 0 amide bonds. The van der Waals surface area contributed by atoms with Crippen molar-refractivity contribution in [2.75, 3.05) is 26.2 Å². The minimum atomic E-state index is -0.782. The Labute approximate surface area is 133 Å². The molecule has 0 rings (SSSR count). The van der Waals surface area contributed by atoms with Crippen LogP contribution in [0.3, 0.4) is 0 Å². The maximum atomic E-state index is 4.58. The van der Waals surface area contributed by atoms with E-state index in [4.69, 9.17) is 0 Å². The van der Waals surface area contributed by atoms with E-state index in [1.807, 2.05) is 16.6 Å². The Kier molecular flexibility index (Phi) is 12.6. The Morgan fingerprint density at radius 2 is 1.12 bits per heavy atom. The molecule has 2 radical (unpaired) electrons. The van der Waals surface area contributed by atoms with Gasteiger partial charge in [0.05, 0.1) is 0 Å². The van der Waals surface area contributed by atoms with Gasteiger partial charge in [0, 0.05) is 0 Å². The van der Waals surface area contributed by atoms with Crippen molar-refractivity contribution in [2.24, 2.45) is 0 Å². The van der Waals surface area contributed by atoms with Crippen molar-refractivity contribution in [2.45, 2.75) is 27.7 Å². The van der Waals surface area contributed by atoms with Crippen LogP contribution in [0.15, 0.2) is 0 Å². The van der Waals surface area contributed by atoms with Gasteiger partial charge in [-0.15, -0.1) is 0 Å². The van der Waals surface area contributed by atoms with Crippen LogP contribution in [0.2, 0.25) is 0 Å². The number of nitrogens with zero attached hydrogens (tertiary/aromatic N) is 2. The predicted molar refractivity (Wildman–Crippen MR) is 91.6 cm³/mol. The van der Waals surface area contributed by atoms with E-state index in [0.29, 0.717) is 0 Å². The van der Waals surface area contributed by atoms with Gasteiger partial charge < -0.3 is 0 Å². The van der Waals surface area contributed by atoms with Gasteiger partial charge in [-0.25, -0.2) is 0 Å². The third kappa shape index (κ3) is 7.74. The minimum absolute atomic E-state index is 0.782. The van der Waals surface area contributed by atoms with Crippen LogP contribution in [-0.4, -0.2) is 65.3 Å². The molecule has 0 saturated heterocycles. The fourth-order valence-corrected chi connectivity index (χ4v) is 18.9. The summed E-state index contributed by atoms with van der Waals surface area (Å²) in [7, 11) is 3.94. The van der Waals surface area contributed by atoms with Gasteiger partial charge in [0.2, 0.25) is 0 Å². The zero-order chi connectivity index (χ0) is 13.3. The standard InChI is InChI=1S/2C5H11NS2.Pb/c2*1-3-6(4-2)5(7)8;/h2*3-4H2,1-2H3,(H,7,8);/q;;+2. The fourth-order valence-electron chi connectivity index (χ4n) is 1.21. The molecule has 0 bridgehead atoms. The predicted octanol–water partition coefficient (Wildman–Crippen LogP) is 2.66. The van der Waals surface area contributed by atoms with Crippen molar-refractivity contribution in [3.63, 3.8) is 0 Å². The maximum absolute atomic E-state index is 4.58. The molecule has 0 heterocycles. The number of hydrogen-bond donors (Lipinski definition) is 2. The van der Waals surface area contributed by atoms with Gasteiger partial charge in [0.25, 0.3) is 0 Å². The third-order valence-electron chi connectivity index (χ3n) is 2.33. The second kappa shape index (κ2) is 11.5. The molecule has 17 heavy (non-hydrogen) atoms. The van der Waals surface area contributed by atoms with Gasteiger partial charge in [0.1, 0.15) is 0 Å². The molecule has 98 valence electrons. The van der Waals surface area contributed by atoms with E-state index >= 15 is 0 Å². The van der Waals surface area contributed by atoms with Crippen molar-refractivity contribution in [1.82, 2.24) is 0 Å². The van der Waals surface area contributed by atoms with E-state index < -0.39 is 21.2 Å². The van der Waals surface area contributed by atoms with Gasteiger partial charge in [-0.3, -0.25) is 0 Å². The van der Waals surface area contributed by atoms with E-state index in [1.54, 1.807) is 0 Å². The molecular formula is C10H22N2PbS4+2. The van der Waals surface area contributed by atoms with Crippen LogP contribution in [0.25, 0.3) is 0 Å². The Morgan fingerprint density at radius 1 is 0.824 bits per heavy atom. The molecule has 7 heteroatoms. The van der Waals surface area contributed by atoms with Crippen LogP contribution in [-0.2, 0) is 0 Å². The summed E-state index contributed by atoms with van der Waals surface area (Å²) in [5, 5.41) is 0. The normalized spacial score (nSPS) is 10.2. The summed E-state index contributed by atoms with van der Waals surface area (Å²) in [6, 6.07) is 0. The van der Waals surface area contributed by atoms with Gasteiger partial charge >= 0.3 is 135 Å². The van der Waals surface area contributed by atoms with Crippen molar-refractivity contribution < 1.29 is 9.15 Å². The van der Waals surface area contributed by atoms with E-state index in [0.717, 1.165) is 26.2 Å². The van der Waals surface area contributed by atoms with E-state index in [1.165, 1.54) is 8.75 Å². The van der Waals surface area contributed by atoms with Gasteiger partial charge in [-0.2, -0.15) is 0 Å². The van der Waals surface area contributed by atoms with Crippen LogP contribution in [0.1, 0.15) is 27.7 Å². The summed E-state index contributed by atoms with van der Waals surface area (Å²) in [6.45, 7) is 12.9.